The number of allylic oxidation sites excluding steroid dienone is 4. The summed E-state index contributed by atoms with van der Waals surface area (Å²) in [5.74, 6) is -2.63. The van der Waals surface area contributed by atoms with Crippen molar-refractivity contribution in [2.75, 3.05) is 11.9 Å². The van der Waals surface area contributed by atoms with Gasteiger partial charge in [0.1, 0.15) is 12.8 Å². The summed E-state index contributed by atoms with van der Waals surface area (Å²) in [4.78, 5) is 27.9. The quantitative estimate of drug-likeness (QED) is 0.285. The number of fused-ring (bicyclic) bond motifs is 7. The molecule has 5 aliphatic rings. The smallest absolute Gasteiger partial charge is 0.193 e. The molecule has 7 nitrogen and oxygen atoms in total. The van der Waals surface area contributed by atoms with E-state index in [-0.39, 0.29) is 30.9 Å². The second kappa shape index (κ2) is 11.7. The van der Waals surface area contributed by atoms with Crippen LogP contribution in [0.4, 0.5) is 14.5 Å². The summed E-state index contributed by atoms with van der Waals surface area (Å²) in [5, 5.41) is 25.9. The van der Waals surface area contributed by atoms with E-state index >= 15 is 8.78 Å². The third-order valence-electron chi connectivity index (χ3n) is 11.7. The maximum absolute atomic E-state index is 17.6. The van der Waals surface area contributed by atoms with Gasteiger partial charge in [-0.05, 0) is 94.0 Å². The first-order chi connectivity index (χ1) is 22.7. The van der Waals surface area contributed by atoms with Crippen LogP contribution in [0.15, 0.2) is 76.1 Å². The van der Waals surface area contributed by atoms with E-state index in [1.165, 1.54) is 19.1 Å². The first-order valence-corrected chi connectivity index (χ1v) is 17.6. The zero-order valence-electron chi connectivity index (χ0n) is 27.2. The van der Waals surface area contributed by atoms with Crippen LogP contribution in [0.3, 0.4) is 0 Å². The van der Waals surface area contributed by atoms with Crippen LogP contribution in [0.2, 0.25) is 5.02 Å². The van der Waals surface area contributed by atoms with E-state index in [2.05, 4.69) is 5.32 Å². The number of nitrogens with one attached hydrogen (secondary N) is 1. The lowest BCUT2D eigenvalue weighted by molar-refractivity contribution is -0.235. The summed E-state index contributed by atoms with van der Waals surface area (Å²) in [6, 6.07) is 13.6. The molecule has 0 spiro atoms. The Morgan fingerprint density at radius 2 is 1.83 bits per heavy atom. The summed E-state index contributed by atoms with van der Waals surface area (Å²) in [6.07, 6.45) is -1.48. The molecule has 3 saturated carbocycles. The number of halogens is 3. The van der Waals surface area contributed by atoms with Crippen molar-refractivity contribution in [1.29, 1.82) is 0 Å². The normalized spacial score (nSPS) is 39.8. The molecule has 0 radical (unpaired) electrons. The summed E-state index contributed by atoms with van der Waals surface area (Å²) in [6.45, 7) is 6.56. The van der Waals surface area contributed by atoms with Crippen molar-refractivity contribution < 1.29 is 38.1 Å². The fourth-order valence-electron chi connectivity index (χ4n) is 9.53. The van der Waals surface area contributed by atoms with Crippen molar-refractivity contribution in [2.45, 2.75) is 98.7 Å². The van der Waals surface area contributed by atoms with Gasteiger partial charge in [0.25, 0.3) is 0 Å². The Balaban J connectivity index is 1.17. The van der Waals surface area contributed by atoms with Gasteiger partial charge in [-0.25, -0.2) is 8.78 Å². The van der Waals surface area contributed by atoms with Crippen LogP contribution in [-0.2, 0) is 19.1 Å². The molecule has 4 fully saturated rings. The number of hydrogen-bond acceptors (Lipinski definition) is 8. The average molecular weight is 700 g/mol. The van der Waals surface area contributed by atoms with Crippen molar-refractivity contribution >= 4 is 40.6 Å². The van der Waals surface area contributed by atoms with Crippen LogP contribution in [-0.4, -0.2) is 64.1 Å². The molecule has 256 valence electrons. The first kappa shape index (κ1) is 33.9. The molecule has 1 heterocycles. The Labute approximate surface area is 288 Å². The molecule has 0 amide bonds. The Kier molecular flexibility index (Phi) is 8.29. The fraction of sp³-hybridized carbons (Fsp3) is 0.514. The van der Waals surface area contributed by atoms with Gasteiger partial charge in [0.15, 0.2) is 29.1 Å². The predicted molar refractivity (Wildman–Crippen MR) is 178 cm³/mol. The van der Waals surface area contributed by atoms with Gasteiger partial charge < -0.3 is 25.0 Å². The van der Waals surface area contributed by atoms with Crippen molar-refractivity contribution in [2.24, 2.45) is 22.7 Å². The molecule has 7 rings (SSSR count). The molecule has 3 N–H and O–H groups in total. The summed E-state index contributed by atoms with van der Waals surface area (Å²) in [7, 11) is 0. The Hall–Kier alpha value is -2.60. The topological polar surface area (TPSA) is 105 Å². The van der Waals surface area contributed by atoms with Crippen LogP contribution in [0, 0.1) is 22.7 Å². The van der Waals surface area contributed by atoms with Crippen molar-refractivity contribution in [3.05, 3.63) is 76.9 Å². The van der Waals surface area contributed by atoms with Crippen molar-refractivity contribution in [1.82, 2.24) is 0 Å². The largest absolute Gasteiger partial charge is 0.390 e. The predicted octanol–water partition coefficient (Wildman–Crippen LogP) is 6.95. The van der Waals surface area contributed by atoms with Gasteiger partial charge in [0.05, 0.1) is 22.9 Å². The van der Waals surface area contributed by atoms with Crippen LogP contribution < -0.4 is 5.32 Å². The second-order valence-electron chi connectivity index (χ2n) is 14.6. The molecule has 4 aliphatic carbocycles. The van der Waals surface area contributed by atoms with E-state index in [9.17, 15) is 19.8 Å². The summed E-state index contributed by atoms with van der Waals surface area (Å²) in [5.41, 5.74) is -5.16. The Bertz CT molecular complexity index is 1720. The van der Waals surface area contributed by atoms with E-state index in [1.54, 1.807) is 18.7 Å². The van der Waals surface area contributed by atoms with Gasteiger partial charge in [0, 0.05) is 38.1 Å². The van der Waals surface area contributed by atoms with Gasteiger partial charge in [-0.2, -0.15) is 0 Å². The van der Waals surface area contributed by atoms with Crippen LogP contribution in [0.5, 0.6) is 0 Å². The summed E-state index contributed by atoms with van der Waals surface area (Å²) < 4.78 is 46.5. The van der Waals surface area contributed by atoms with E-state index in [4.69, 9.17) is 21.1 Å². The Morgan fingerprint density at radius 3 is 2.52 bits per heavy atom. The number of alkyl halides is 2. The number of hydrogen-bond donors (Lipinski definition) is 3. The van der Waals surface area contributed by atoms with Crippen molar-refractivity contribution in [3.8, 4) is 0 Å². The first-order valence-electron chi connectivity index (χ1n) is 16.5. The molecular weight excluding hydrogens is 660 g/mol. The number of Topliss-reactive ketones (excluding diaryl/α,β-unsaturated/α-hetero) is 1. The number of anilines is 1. The molecule has 2 aromatic carbocycles. The number of rotatable bonds is 7. The highest BCUT2D eigenvalue weighted by atomic mass is 35.5. The van der Waals surface area contributed by atoms with E-state index in [1.807, 2.05) is 56.3 Å². The lowest BCUT2D eigenvalue weighted by Crippen LogP contribution is -2.70. The van der Waals surface area contributed by atoms with Gasteiger partial charge in [-0.1, -0.05) is 48.5 Å². The zero-order valence-corrected chi connectivity index (χ0v) is 28.8. The fourth-order valence-corrected chi connectivity index (χ4v) is 10.6. The lowest BCUT2D eigenvalue weighted by Gasteiger charge is -2.63. The molecule has 0 bridgehead atoms. The molecule has 1 aliphatic heterocycles. The van der Waals surface area contributed by atoms with E-state index < -0.39 is 76.8 Å². The minimum absolute atomic E-state index is 0.0358. The number of carbonyl (C=O) groups excluding carboxylic acids is 2. The Morgan fingerprint density at radius 1 is 1.12 bits per heavy atom. The zero-order chi connectivity index (χ0) is 34.4. The third kappa shape index (κ3) is 4.73. The molecule has 2 aromatic rings. The van der Waals surface area contributed by atoms with Crippen molar-refractivity contribution in [3.63, 3.8) is 0 Å². The molecular formula is C37H40ClF2NO6S. The number of benzene rings is 2. The average Bonchev–Trinajstić information content (AvgIpc) is 3.54. The van der Waals surface area contributed by atoms with Gasteiger partial charge in [-0.3, -0.25) is 9.59 Å². The second-order valence-corrected chi connectivity index (χ2v) is 16.2. The minimum Gasteiger partial charge on any atom is -0.390 e. The number of ether oxygens (including phenoxy) is 2. The highest BCUT2D eigenvalue weighted by Crippen LogP contribution is 2.72. The lowest BCUT2D eigenvalue weighted by atomic mass is 9.44. The number of carbonyl (C=O) groups is 2. The van der Waals surface area contributed by atoms with Crippen LogP contribution in [0.1, 0.15) is 58.8 Å². The maximum atomic E-state index is 17.6. The monoisotopic (exact) mass is 699 g/mol. The molecule has 0 unspecified atom stereocenters. The third-order valence-corrected chi connectivity index (χ3v) is 13.0. The number of ketones is 2. The molecule has 1 saturated heterocycles. The van der Waals surface area contributed by atoms with Gasteiger partial charge >= 0.3 is 0 Å². The van der Waals surface area contributed by atoms with E-state index in [0.29, 0.717) is 10.6 Å². The molecule has 0 aromatic heterocycles. The van der Waals surface area contributed by atoms with Gasteiger partial charge in [-0.15, -0.1) is 0 Å². The highest BCUT2D eigenvalue weighted by Gasteiger charge is 2.80. The number of aliphatic hydroxyl groups excluding tert-OH is 2. The SMILES string of the molecule is CC(C)Nc1cc(Sc2ccc([C@H]3O[C@@H]4C[C@H]5[C@@H]6C[C@H](F)C7=CC(=O)C=C[C@]7(C)[C@@]6(F)[C@@H](O)C[C@]5(C)[C@]4(C(=O)CO)O3)cc2)ccc1Cl. The molecule has 48 heavy (non-hydrogen) atoms. The number of aliphatic hydroxyl groups is 2. The highest BCUT2D eigenvalue weighted by molar-refractivity contribution is 7.99. The molecule has 10 atom stereocenters. The van der Waals surface area contributed by atoms with E-state index in [0.717, 1.165) is 21.6 Å². The molecule has 11 heteroatoms. The summed E-state index contributed by atoms with van der Waals surface area (Å²) >= 11 is 7.92. The van der Waals surface area contributed by atoms with Gasteiger partial charge in [0.2, 0.25) is 0 Å². The standard InChI is InChI=1S/C37H40ClF2NO6S/c1-19(2)41-29-14-23(9-10-27(29)38)48-22-7-5-20(6-8-22)33-46-32-16-24-25-15-28(39)26-13-21(43)11-12-34(26,3)36(25,40)30(44)17-35(24,4)37(32,47-33)31(45)18-42/h5-14,19,24-25,28,30,32-33,41-42,44H,15-18H2,1-4H3/t24-,25-,28-,30-,32+,33-,34-,35-,36-,37+/m0/s1. The minimum atomic E-state index is -2.30. The van der Waals surface area contributed by atoms with Crippen LogP contribution >= 0.6 is 23.4 Å². The maximum Gasteiger partial charge on any atom is 0.193 e. The van der Waals surface area contributed by atoms with Crippen LogP contribution in [0.25, 0.3) is 0 Å².